The molecule has 0 bridgehead atoms. The number of nitrogens with zero attached hydrogens (tertiary/aromatic N) is 2. The molecule has 4 heterocycles. The first kappa shape index (κ1) is 24.9. The third-order valence-electron chi connectivity index (χ3n) is 8.95. The molecule has 1 unspecified atom stereocenters. The second kappa shape index (κ2) is 9.92. The van der Waals surface area contributed by atoms with Crippen LogP contribution >= 0.6 is 11.8 Å². The Hall–Kier alpha value is -1.80. The fourth-order valence-corrected chi connectivity index (χ4v) is 8.94. The summed E-state index contributed by atoms with van der Waals surface area (Å²) < 4.78 is 4.71. The van der Waals surface area contributed by atoms with Gasteiger partial charge in [-0.05, 0) is 25.2 Å². The van der Waals surface area contributed by atoms with E-state index in [0.29, 0.717) is 19.6 Å². The van der Waals surface area contributed by atoms with Gasteiger partial charge in [-0.1, -0.05) is 63.8 Å². The molecule has 8 heteroatoms. The second-order valence-electron chi connectivity index (χ2n) is 10.8. The highest BCUT2D eigenvalue weighted by atomic mass is 32.2. The van der Waals surface area contributed by atoms with Gasteiger partial charge in [0, 0.05) is 17.8 Å². The van der Waals surface area contributed by atoms with E-state index in [-0.39, 0.29) is 41.6 Å². The second-order valence-corrected chi connectivity index (χ2v) is 12.3. The number of hydrogen-bond acceptors (Lipinski definition) is 6. The maximum absolute atomic E-state index is 14.4. The summed E-state index contributed by atoms with van der Waals surface area (Å²) in [5.41, 5.74) is 0. The van der Waals surface area contributed by atoms with Crippen molar-refractivity contribution in [2.45, 2.75) is 86.9 Å². The van der Waals surface area contributed by atoms with E-state index in [1.165, 1.54) is 6.42 Å². The van der Waals surface area contributed by atoms with E-state index >= 15 is 0 Å². The average Bonchev–Trinajstić information content (AvgIpc) is 3.24. The van der Waals surface area contributed by atoms with Crippen LogP contribution in [-0.2, 0) is 19.1 Å². The largest absolute Gasteiger partial charge is 0.465 e. The molecule has 0 aromatic heterocycles. The van der Waals surface area contributed by atoms with Gasteiger partial charge in [0.05, 0.1) is 35.8 Å². The van der Waals surface area contributed by atoms with Crippen LogP contribution in [-0.4, -0.2) is 80.6 Å². The topological polar surface area (TPSA) is 87.2 Å². The Morgan fingerprint density at radius 2 is 1.94 bits per heavy atom. The van der Waals surface area contributed by atoms with E-state index in [0.717, 1.165) is 32.1 Å². The molecule has 0 aromatic carbocycles. The minimum Gasteiger partial charge on any atom is -0.465 e. The summed E-state index contributed by atoms with van der Waals surface area (Å²) in [5, 5.41) is 10.2. The zero-order chi connectivity index (χ0) is 24.7. The zero-order valence-corrected chi connectivity index (χ0v) is 21.6. The molecule has 192 valence electrons. The van der Waals surface area contributed by atoms with E-state index in [9.17, 15) is 19.5 Å². The van der Waals surface area contributed by atoms with Gasteiger partial charge in [0.25, 0.3) is 0 Å². The monoisotopic (exact) mass is 502 g/mol. The molecule has 5 rings (SSSR count). The van der Waals surface area contributed by atoms with Crippen molar-refractivity contribution in [3.8, 4) is 0 Å². The molecule has 7 atom stereocenters. The van der Waals surface area contributed by atoms with Gasteiger partial charge in [-0.25, -0.2) is 0 Å². The first-order chi connectivity index (χ1) is 16.9. The molecule has 35 heavy (non-hydrogen) atoms. The summed E-state index contributed by atoms with van der Waals surface area (Å²) in [4.78, 5) is 45.6. The van der Waals surface area contributed by atoms with Crippen molar-refractivity contribution in [2.75, 3.05) is 19.8 Å². The highest BCUT2D eigenvalue weighted by molar-refractivity contribution is 8.02. The summed E-state index contributed by atoms with van der Waals surface area (Å²) in [5.74, 6) is -1.86. The molecule has 5 aliphatic rings. The lowest BCUT2D eigenvalue weighted by molar-refractivity contribution is -0.154. The number of carbonyl (C=O) groups excluding carboxylic acids is 3. The molecule has 1 N–H and O–H groups in total. The van der Waals surface area contributed by atoms with Gasteiger partial charge < -0.3 is 19.6 Å². The highest BCUT2D eigenvalue weighted by Gasteiger charge is 2.72. The highest BCUT2D eigenvalue weighted by Crippen LogP contribution is 2.61. The third kappa shape index (κ3) is 3.95. The molecule has 1 spiro atoms. The molecule has 7 nitrogen and oxygen atoms in total. The van der Waals surface area contributed by atoms with E-state index in [4.69, 9.17) is 4.74 Å². The molecule has 2 amide bonds. The van der Waals surface area contributed by atoms with Crippen LogP contribution in [0.4, 0.5) is 0 Å². The quantitative estimate of drug-likeness (QED) is 0.460. The minimum absolute atomic E-state index is 0.0213. The Kier molecular flexibility index (Phi) is 7.05. The van der Waals surface area contributed by atoms with Crippen molar-refractivity contribution >= 4 is 29.5 Å². The van der Waals surface area contributed by atoms with Gasteiger partial charge in [0.2, 0.25) is 11.8 Å². The Balaban J connectivity index is 1.62. The van der Waals surface area contributed by atoms with E-state index in [2.05, 4.69) is 12.2 Å². The molecule has 0 radical (unpaired) electrons. The molecule has 1 aliphatic carbocycles. The van der Waals surface area contributed by atoms with Gasteiger partial charge >= 0.3 is 5.97 Å². The first-order valence-electron chi connectivity index (χ1n) is 13.4. The first-order valence-corrected chi connectivity index (χ1v) is 14.2. The number of amides is 2. The number of cyclic esters (lactones) is 1. The number of thioether (sulfide) groups is 1. The summed E-state index contributed by atoms with van der Waals surface area (Å²) in [6, 6.07) is -1.03. The Labute approximate surface area is 212 Å². The lowest BCUT2D eigenvalue weighted by Gasteiger charge is -2.42. The van der Waals surface area contributed by atoms with E-state index < -0.39 is 28.7 Å². The Bertz CT molecular complexity index is 915. The van der Waals surface area contributed by atoms with Gasteiger partial charge in [-0.15, -0.1) is 11.8 Å². The molecule has 1 saturated carbocycles. The standard InChI is InChI=1S/C27H38N2O5S/c1-3-17(2)19(16-30)29-23-25(32)28(18-10-5-4-6-11-18)14-9-13-27(23)22(24(29)31)21-20(35-27)12-7-8-15-34-26(21)33/h7,9,12-13,17-23,30H,3-6,8,10-11,14-16H2,1-2H3/t17-,19-,20-,21+,22-,23?,27-/m0/s1. The van der Waals surface area contributed by atoms with Crippen LogP contribution in [0.15, 0.2) is 24.3 Å². The maximum Gasteiger partial charge on any atom is 0.311 e. The van der Waals surface area contributed by atoms with Crippen LogP contribution in [0, 0.1) is 17.8 Å². The third-order valence-corrected chi connectivity index (χ3v) is 10.7. The summed E-state index contributed by atoms with van der Waals surface area (Å²) in [6.45, 7) is 4.69. The number of ether oxygens (including phenoxy) is 1. The number of aliphatic hydroxyl groups is 1. The van der Waals surface area contributed by atoms with Crippen molar-refractivity contribution in [3.05, 3.63) is 24.3 Å². The van der Waals surface area contributed by atoms with E-state index in [1.54, 1.807) is 16.7 Å². The van der Waals surface area contributed by atoms with Gasteiger partial charge in [-0.3, -0.25) is 14.4 Å². The number of aliphatic hydroxyl groups excluding tert-OH is 1. The van der Waals surface area contributed by atoms with Crippen LogP contribution in [0.3, 0.4) is 0 Å². The maximum atomic E-state index is 14.4. The summed E-state index contributed by atoms with van der Waals surface area (Å²) >= 11 is 1.58. The van der Waals surface area contributed by atoms with Crippen LogP contribution in [0.1, 0.15) is 58.8 Å². The normalized spacial score (nSPS) is 37.2. The number of likely N-dealkylation sites (tertiary alicyclic amines) is 1. The van der Waals surface area contributed by atoms with E-state index in [1.807, 2.05) is 30.9 Å². The number of carbonyl (C=O) groups is 3. The smallest absolute Gasteiger partial charge is 0.311 e. The molecule has 4 aliphatic heterocycles. The minimum atomic E-state index is -0.846. The van der Waals surface area contributed by atoms with Gasteiger partial charge in [0.1, 0.15) is 6.04 Å². The number of fused-ring (bicyclic) bond motifs is 2. The number of rotatable bonds is 5. The van der Waals surface area contributed by atoms with Crippen LogP contribution < -0.4 is 0 Å². The SMILES string of the molecule is CC[C@H](C)[C@H](CO)N1C(=O)[C@@H]2[C@@H]3C(=O)OCCC=C[C@@H]3S[C@@]23C=CCN(C2CCCCC2)C(=O)C13. The molecule has 3 fully saturated rings. The summed E-state index contributed by atoms with van der Waals surface area (Å²) in [6.07, 6.45) is 15.0. The van der Waals surface area contributed by atoms with Crippen LogP contribution in [0.5, 0.6) is 0 Å². The Morgan fingerprint density at radius 3 is 2.66 bits per heavy atom. The van der Waals surface area contributed by atoms with Crippen molar-refractivity contribution in [2.24, 2.45) is 17.8 Å². The molecular formula is C27H38N2O5S. The zero-order valence-electron chi connectivity index (χ0n) is 20.8. The molecule has 0 aromatic rings. The van der Waals surface area contributed by atoms with Crippen molar-refractivity contribution in [3.63, 3.8) is 0 Å². The Morgan fingerprint density at radius 1 is 1.17 bits per heavy atom. The predicted molar refractivity (Wildman–Crippen MR) is 134 cm³/mol. The van der Waals surface area contributed by atoms with Crippen molar-refractivity contribution in [1.82, 2.24) is 9.80 Å². The summed E-state index contributed by atoms with van der Waals surface area (Å²) in [7, 11) is 0. The van der Waals surface area contributed by atoms with Gasteiger partial charge in [0.15, 0.2) is 0 Å². The van der Waals surface area contributed by atoms with Crippen molar-refractivity contribution in [1.29, 1.82) is 0 Å². The van der Waals surface area contributed by atoms with Crippen molar-refractivity contribution < 1.29 is 24.2 Å². The predicted octanol–water partition coefficient (Wildman–Crippen LogP) is 2.93. The van der Waals surface area contributed by atoms with Crippen LogP contribution in [0.2, 0.25) is 0 Å². The average molecular weight is 503 g/mol. The number of hydrogen-bond donors (Lipinski definition) is 1. The fraction of sp³-hybridized carbons (Fsp3) is 0.741. The molecule has 2 saturated heterocycles. The van der Waals surface area contributed by atoms with Crippen LogP contribution in [0.25, 0.3) is 0 Å². The number of esters is 1. The molecular weight excluding hydrogens is 464 g/mol. The van der Waals surface area contributed by atoms with Gasteiger partial charge in [-0.2, -0.15) is 0 Å². The lowest BCUT2D eigenvalue weighted by Crippen LogP contribution is -2.59. The fourth-order valence-electron chi connectivity index (χ4n) is 6.96. The lowest BCUT2D eigenvalue weighted by atomic mass is 9.78.